The SMILES string of the molecule is CC(C)c1cc(N)c2cc(Cl)cc(Cl)c2n1. The number of benzene rings is 1. The van der Waals surface area contributed by atoms with Crippen LogP contribution in [0.1, 0.15) is 25.5 Å². The molecule has 0 aliphatic heterocycles. The molecule has 2 nitrogen and oxygen atoms in total. The Labute approximate surface area is 104 Å². The number of hydrogen-bond donors (Lipinski definition) is 1. The van der Waals surface area contributed by atoms with Gasteiger partial charge in [-0.1, -0.05) is 37.0 Å². The van der Waals surface area contributed by atoms with Crippen molar-refractivity contribution in [3.63, 3.8) is 0 Å². The number of halogens is 2. The van der Waals surface area contributed by atoms with Crippen molar-refractivity contribution in [2.45, 2.75) is 19.8 Å². The van der Waals surface area contributed by atoms with Crippen molar-refractivity contribution >= 4 is 39.8 Å². The second-order valence-corrected chi connectivity index (χ2v) is 4.92. The van der Waals surface area contributed by atoms with E-state index >= 15 is 0 Å². The summed E-state index contributed by atoms with van der Waals surface area (Å²) < 4.78 is 0. The summed E-state index contributed by atoms with van der Waals surface area (Å²) in [4.78, 5) is 4.51. The normalized spacial score (nSPS) is 11.3. The Bertz CT molecular complexity index is 550. The van der Waals surface area contributed by atoms with Crippen LogP contribution in [0.5, 0.6) is 0 Å². The van der Waals surface area contributed by atoms with Gasteiger partial charge in [-0.05, 0) is 24.1 Å². The summed E-state index contributed by atoms with van der Waals surface area (Å²) in [6.45, 7) is 4.13. The Morgan fingerprint density at radius 1 is 1.19 bits per heavy atom. The fourth-order valence-corrected chi connectivity index (χ4v) is 2.13. The summed E-state index contributed by atoms with van der Waals surface area (Å²) in [6.07, 6.45) is 0. The molecule has 2 N–H and O–H groups in total. The van der Waals surface area contributed by atoms with E-state index in [1.165, 1.54) is 0 Å². The maximum Gasteiger partial charge on any atom is 0.0913 e. The van der Waals surface area contributed by atoms with Crippen molar-refractivity contribution < 1.29 is 0 Å². The van der Waals surface area contributed by atoms with Crippen LogP contribution in [0, 0.1) is 0 Å². The first-order valence-corrected chi connectivity index (χ1v) is 5.80. The van der Waals surface area contributed by atoms with Gasteiger partial charge >= 0.3 is 0 Å². The molecule has 4 heteroatoms. The molecule has 0 radical (unpaired) electrons. The molecule has 0 fully saturated rings. The van der Waals surface area contributed by atoms with E-state index in [4.69, 9.17) is 28.9 Å². The number of rotatable bonds is 1. The summed E-state index contributed by atoms with van der Waals surface area (Å²) in [5, 5.41) is 1.92. The van der Waals surface area contributed by atoms with Gasteiger partial charge in [0.15, 0.2) is 0 Å². The predicted octanol–water partition coefficient (Wildman–Crippen LogP) is 4.25. The van der Waals surface area contributed by atoms with E-state index in [2.05, 4.69) is 18.8 Å². The van der Waals surface area contributed by atoms with Crippen molar-refractivity contribution in [1.82, 2.24) is 4.98 Å². The Balaban J connectivity index is 2.82. The van der Waals surface area contributed by atoms with E-state index < -0.39 is 0 Å². The molecule has 0 saturated heterocycles. The lowest BCUT2D eigenvalue weighted by Crippen LogP contribution is -1.98. The van der Waals surface area contributed by atoms with Crippen LogP contribution in [0.3, 0.4) is 0 Å². The average molecular weight is 255 g/mol. The Morgan fingerprint density at radius 3 is 2.50 bits per heavy atom. The molecule has 0 amide bonds. The van der Waals surface area contributed by atoms with Gasteiger partial charge in [0.2, 0.25) is 0 Å². The highest BCUT2D eigenvalue weighted by Gasteiger charge is 2.10. The Kier molecular flexibility index (Phi) is 2.96. The minimum atomic E-state index is 0.318. The van der Waals surface area contributed by atoms with Crippen LogP contribution in [0.2, 0.25) is 10.0 Å². The van der Waals surface area contributed by atoms with Gasteiger partial charge in [0.05, 0.1) is 10.5 Å². The van der Waals surface area contributed by atoms with Crippen LogP contribution < -0.4 is 5.73 Å². The molecule has 0 aliphatic rings. The first-order valence-electron chi connectivity index (χ1n) is 5.04. The second kappa shape index (κ2) is 4.11. The summed E-state index contributed by atoms with van der Waals surface area (Å²) in [5.74, 6) is 0.318. The van der Waals surface area contributed by atoms with Crippen LogP contribution in [-0.2, 0) is 0 Å². The van der Waals surface area contributed by atoms with Crippen molar-refractivity contribution in [2.24, 2.45) is 0 Å². The number of pyridine rings is 1. The Hall–Kier alpha value is -0.990. The van der Waals surface area contributed by atoms with Gasteiger partial charge in [-0.15, -0.1) is 0 Å². The lowest BCUT2D eigenvalue weighted by molar-refractivity contribution is 0.830. The number of aromatic nitrogens is 1. The van der Waals surface area contributed by atoms with Gasteiger partial charge in [-0.25, -0.2) is 0 Å². The molecule has 1 heterocycles. The molecular weight excluding hydrogens is 243 g/mol. The van der Waals surface area contributed by atoms with E-state index in [1.807, 2.05) is 6.07 Å². The maximum atomic E-state index is 6.11. The maximum absolute atomic E-state index is 6.11. The molecule has 0 spiro atoms. The van der Waals surface area contributed by atoms with Gasteiger partial charge in [0, 0.05) is 21.8 Å². The fraction of sp³-hybridized carbons (Fsp3) is 0.250. The lowest BCUT2D eigenvalue weighted by atomic mass is 10.1. The third kappa shape index (κ3) is 1.95. The number of hydrogen-bond acceptors (Lipinski definition) is 2. The molecule has 2 aromatic rings. The zero-order valence-corrected chi connectivity index (χ0v) is 10.6. The Morgan fingerprint density at radius 2 is 1.88 bits per heavy atom. The number of anilines is 1. The van der Waals surface area contributed by atoms with Gasteiger partial charge in [0.1, 0.15) is 0 Å². The molecule has 84 valence electrons. The van der Waals surface area contributed by atoms with Crippen molar-refractivity contribution in [1.29, 1.82) is 0 Å². The summed E-state index contributed by atoms with van der Waals surface area (Å²) >= 11 is 12.0. The fourth-order valence-electron chi connectivity index (χ4n) is 1.59. The summed E-state index contributed by atoms with van der Waals surface area (Å²) in [6, 6.07) is 5.34. The summed E-state index contributed by atoms with van der Waals surface area (Å²) in [5.41, 5.74) is 8.30. The molecule has 2 rings (SSSR count). The van der Waals surface area contributed by atoms with E-state index in [0.29, 0.717) is 21.7 Å². The zero-order valence-electron chi connectivity index (χ0n) is 9.09. The highest BCUT2D eigenvalue weighted by atomic mass is 35.5. The first-order chi connectivity index (χ1) is 7.49. The molecule has 0 saturated carbocycles. The molecular formula is C12H12Cl2N2. The zero-order chi connectivity index (χ0) is 11.9. The van der Waals surface area contributed by atoms with Crippen molar-refractivity contribution in [3.05, 3.63) is 33.9 Å². The van der Waals surface area contributed by atoms with Gasteiger partial charge < -0.3 is 5.73 Å². The number of nitrogens with two attached hydrogens (primary N) is 1. The average Bonchev–Trinajstić information content (AvgIpc) is 2.19. The van der Waals surface area contributed by atoms with Crippen LogP contribution in [-0.4, -0.2) is 4.98 Å². The lowest BCUT2D eigenvalue weighted by Gasteiger charge is -2.10. The van der Waals surface area contributed by atoms with E-state index in [9.17, 15) is 0 Å². The molecule has 0 atom stereocenters. The molecule has 0 aliphatic carbocycles. The van der Waals surface area contributed by atoms with Crippen molar-refractivity contribution in [3.8, 4) is 0 Å². The van der Waals surface area contributed by atoms with Gasteiger partial charge in [-0.2, -0.15) is 0 Å². The number of fused-ring (bicyclic) bond motifs is 1. The van der Waals surface area contributed by atoms with E-state index in [0.717, 1.165) is 16.6 Å². The monoisotopic (exact) mass is 254 g/mol. The van der Waals surface area contributed by atoms with E-state index in [1.54, 1.807) is 12.1 Å². The standard InChI is InChI=1S/C12H12Cl2N2/c1-6(2)11-5-10(15)8-3-7(13)4-9(14)12(8)16-11/h3-6H,1-2H3,(H2,15,16). The van der Waals surface area contributed by atoms with Crippen LogP contribution in [0.4, 0.5) is 5.69 Å². The van der Waals surface area contributed by atoms with Gasteiger partial charge in [-0.3, -0.25) is 4.98 Å². The predicted molar refractivity (Wildman–Crippen MR) is 70.3 cm³/mol. The number of nitrogen functional groups attached to an aromatic ring is 1. The third-order valence-electron chi connectivity index (χ3n) is 2.48. The van der Waals surface area contributed by atoms with Crippen molar-refractivity contribution in [2.75, 3.05) is 5.73 Å². The van der Waals surface area contributed by atoms with Crippen LogP contribution in [0.15, 0.2) is 18.2 Å². The highest BCUT2D eigenvalue weighted by Crippen LogP contribution is 2.31. The minimum absolute atomic E-state index is 0.318. The largest absolute Gasteiger partial charge is 0.398 e. The minimum Gasteiger partial charge on any atom is -0.398 e. The molecule has 16 heavy (non-hydrogen) atoms. The van der Waals surface area contributed by atoms with E-state index in [-0.39, 0.29) is 0 Å². The van der Waals surface area contributed by atoms with Gasteiger partial charge in [0.25, 0.3) is 0 Å². The topological polar surface area (TPSA) is 38.9 Å². The summed E-state index contributed by atoms with van der Waals surface area (Å²) in [7, 11) is 0. The molecule has 1 aromatic heterocycles. The molecule has 0 bridgehead atoms. The smallest absolute Gasteiger partial charge is 0.0913 e. The number of nitrogens with zero attached hydrogens (tertiary/aromatic N) is 1. The molecule has 0 unspecified atom stereocenters. The van der Waals surface area contributed by atoms with Crippen LogP contribution in [0.25, 0.3) is 10.9 Å². The van der Waals surface area contributed by atoms with Crippen LogP contribution >= 0.6 is 23.2 Å². The third-order valence-corrected chi connectivity index (χ3v) is 2.98. The molecule has 1 aromatic carbocycles. The highest BCUT2D eigenvalue weighted by molar-refractivity contribution is 6.38. The second-order valence-electron chi connectivity index (χ2n) is 4.07. The quantitative estimate of drug-likeness (QED) is 0.827. The first kappa shape index (κ1) is 11.5.